The van der Waals surface area contributed by atoms with Gasteiger partial charge >= 0.3 is 0 Å². The predicted octanol–water partition coefficient (Wildman–Crippen LogP) is 4.28. The maximum Gasteiger partial charge on any atom is 0.0387 e. The zero-order valence-corrected chi connectivity index (χ0v) is 14.9. The van der Waals surface area contributed by atoms with Crippen LogP contribution in [0.5, 0.6) is 0 Å². The summed E-state index contributed by atoms with van der Waals surface area (Å²) in [6, 6.07) is 5.78. The Hall–Kier alpha value is -0.540. The van der Waals surface area contributed by atoms with E-state index in [1.54, 1.807) is 0 Å². The van der Waals surface area contributed by atoms with E-state index in [4.69, 9.17) is 0 Å². The Morgan fingerprint density at radius 3 is 2.45 bits per heavy atom. The van der Waals surface area contributed by atoms with Crippen molar-refractivity contribution in [3.8, 4) is 0 Å². The normalized spacial score (nSPS) is 23.4. The molecular formula is C17H27BrN2. The molecule has 2 nitrogen and oxygen atoms in total. The van der Waals surface area contributed by atoms with E-state index in [2.05, 4.69) is 72.9 Å². The Morgan fingerprint density at radius 1 is 1.30 bits per heavy atom. The summed E-state index contributed by atoms with van der Waals surface area (Å²) in [5, 5.41) is 3.69. The SMILES string of the molecule is Cc1cc(N2CC(CC(C)C)NCC2C)cc(C)c1Br. The third-order valence-corrected chi connectivity index (χ3v) is 5.41. The Balaban J connectivity index is 2.21. The number of halogens is 1. The molecule has 0 aromatic heterocycles. The molecule has 1 N–H and O–H groups in total. The van der Waals surface area contributed by atoms with E-state index >= 15 is 0 Å². The average Bonchev–Trinajstić information content (AvgIpc) is 2.37. The number of aryl methyl sites for hydroxylation is 2. The highest BCUT2D eigenvalue weighted by molar-refractivity contribution is 9.10. The van der Waals surface area contributed by atoms with Crippen LogP contribution in [0.4, 0.5) is 5.69 Å². The lowest BCUT2D eigenvalue weighted by atomic mass is 9.99. The summed E-state index contributed by atoms with van der Waals surface area (Å²) in [4.78, 5) is 2.57. The lowest BCUT2D eigenvalue weighted by molar-refractivity contribution is 0.356. The molecule has 0 saturated carbocycles. The molecule has 1 aromatic carbocycles. The van der Waals surface area contributed by atoms with Crippen LogP contribution in [0.3, 0.4) is 0 Å². The summed E-state index contributed by atoms with van der Waals surface area (Å²) in [6.07, 6.45) is 1.25. The fourth-order valence-electron chi connectivity index (χ4n) is 3.11. The number of nitrogens with one attached hydrogen (secondary N) is 1. The summed E-state index contributed by atoms with van der Waals surface area (Å²) in [5.41, 5.74) is 4.02. The van der Waals surface area contributed by atoms with Gasteiger partial charge in [-0.25, -0.2) is 0 Å². The zero-order valence-electron chi connectivity index (χ0n) is 13.3. The van der Waals surface area contributed by atoms with Crippen LogP contribution in [0.25, 0.3) is 0 Å². The molecule has 1 fully saturated rings. The highest BCUT2D eigenvalue weighted by Crippen LogP contribution is 2.29. The van der Waals surface area contributed by atoms with E-state index < -0.39 is 0 Å². The second-order valence-corrected chi connectivity index (χ2v) is 7.42. The molecule has 0 aliphatic carbocycles. The molecule has 2 atom stereocenters. The molecular weight excluding hydrogens is 312 g/mol. The Morgan fingerprint density at radius 2 is 1.90 bits per heavy atom. The van der Waals surface area contributed by atoms with Gasteiger partial charge in [-0.3, -0.25) is 0 Å². The first-order valence-electron chi connectivity index (χ1n) is 7.65. The first-order valence-corrected chi connectivity index (χ1v) is 8.44. The molecule has 1 aromatic rings. The number of hydrogen-bond donors (Lipinski definition) is 1. The second kappa shape index (κ2) is 6.48. The average molecular weight is 339 g/mol. The third-order valence-electron chi connectivity index (χ3n) is 4.16. The van der Waals surface area contributed by atoms with Gasteiger partial charge < -0.3 is 10.2 Å². The van der Waals surface area contributed by atoms with Crippen molar-refractivity contribution < 1.29 is 0 Å². The summed E-state index contributed by atoms with van der Waals surface area (Å²) in [7, 11) is 0. The maximum absolute atomic E-state index is 3.69. The molecule has 1 saturated heterocycles. The summed E-state index contributed by atoms with van der Waals surface area (Å²) in [6.45, 7) is 13.5. The summed E-state index contributed by atoms with van der Waals surface area (Å²) >= 11 is 3.67. The van der Waals surface area contributed by atoms with Crippen LogP contribution in [0.15, 0.2) is 16.6 Å². The van der Waals surface area contributed by atoms with Crippen molar-refractivity contribution in [1.29, 1.82) is 0 Å². The van der Waals surface area contributed by atoms with Crippen molar-refractivity contribution in [1.82, 2.24) is 5.32 Å². The van der Waals surface area contributed by atoms with Crippen molar-refractivity contribution in [3.63, 3.8) is 0 Å². The van der Waals surface area contributed by atoms with Crippen molar-refractivity contribution >= 4 is 21.6 Å². The van der Waals surface area contributed by atoms with Crippen LogP contribution in [0, 0.1) is 19.8 Å². The Bertz CT molecular complexity index is 447. The molecule has 112 valence electrons. The number of hydrogen-bond acceptors (Lipinski definition) is 2. The molecule has 2 rings (SSSR count). The lowest BCUT2D eigenvalue weighted by Crippen LogP contribution is -2.56. The van der Waals surface area contributed by atoms with Gasteiger partial charge in [0.25, 0.3) is 0 Å². The topological polar surface area (TPSA) is 15.3 Å². The number of rotatable bonds is 3. The van der Waals surface area contributed by atoms with Gasteiger partial charge in [0.1, 0.15) is 0 Å². The largest absolute Gasteiger partial charge is 0.366 e. The van der Waals surface area contributed by atoms with Gasteiger partial charge in [0.05, 0.1) is 0 Å². The van der Waals surface area contributed by atoms with Crippen LogP contribution in [-0.4, -0.2) is 25.2 Å². The molecule has 3 heteroatoms. The lowest BCUT2D eigenvalue weighted by Gasteiger charge is -2.41. The monoisotopic (exact) mass is 338 g/mol. The molecule has 20 heavy (non-hydrogen) atoms. The van der Waals surface area contributed by atoms with E-state index in [0.29, 0.717) is 12.1 Å². The van der Waals surface area contributed by atoms with Gasteiger partial charge in [0.2, 0.25) is 0 Å². The van der Waals surface area contributed by atoms with Crippen LogP contribution < -0.4 is 10.2 Å². The number of piperazine rings is 1. The fourth-order valence-corrected chi connectivity index (χ4v) is 3.33. The highest BCUT2D eigenvalue weighted by atomic mass is 79.9. The van der Waals surface area contributed by atoms with Crippen LogP contribution in [0.2, 0.25) is 0 Å². The van der Waals surface area contributed by atoms with Gasteiger partial charge in [0.15, 0.2) is 0 Å². The highest BCUT2D eigenvalue weighted by Gasteiger charge is 2.26. The molecule has 0 radical (unpaired) electrons. The van der Waals surface area contributed by atoms with Crippen LogP contribution >= 0.6 is 15.9 Å². The molecule has 2 unspecified atom stereocenters. The third kappa shape index (κ3) is 3.56. The van der Waals surface area contributed by atoms with Gasteiger partial charge in [-0.2, -0.15) is 0 Å². The summed E-state index contributed by atoms with van der Waals surface area (Å²) < 4.78 is 1.24. The zero-order chi connectivity index (χ0) is 14.9. The van der Waals surface area contributed by atoms with Crippen molar-refractivity contribution in [3.05, 3.63) is 27.7 Å². The second-order valence-electron chi connectivity index (χ2n) is 6.63. The van der Waals surface area contributed by atoms with Gasteiger partial charge in [-0.1, -0.05) is 29.8 Å². The van der Waals surface area contributed by atoms with E-state index in [0.717, 1.165) is 19.0 Å². The van der Waals surface area contributed by atoms with Gasteiger partial charge in [-0.15, -0.1) is 0 Å². The summed E-state index contributed by atoms with van der Waals surface area (Å²) in [5.74, 6) is 0.746. The Kier molecular flexibility index (Phi) is 5.14. The quantitative estimate of drug-likeness (QED) is 0.884. The predicted molar refractivity (Wildman–Crippen MR) is 91.7 cm³/mol. The first-order chi connectivity index (χ1) is 9.38. The van der Waals surface area contributed by atoms with E-state index in [9.17, 15) is 0 Å². The van der Waals surface area contributed by atoms with Gasteiger partial charge in [-0.05, 0) is 56.4 Å². The standard InChI is InChI=1S/C17H27BrN2/c1-11(2)6-15-10-20(14(5)9-19-15)16-7-12(3)17(18)13(4)8-16/h7-8,11,14-15,19H,6,9-10H2,1-5H3. The van der Waals surface area contributed by atoms with Gasteiger partial charge in [0, 0.05) is 35.3 Å². The maximum atomic E-state index is 3.69. The fraction of sp³-hybridized carbons (Fsp3) is 0.647. The minimum Gasteiger partial charge on any atom is -0.366 e. The molecule has 0 bridgehead atoms. The number of benzene rings is 1. The van der Waals surface area contributed by atoms with E-state index in [1.807, 2.05) is 0 Å². The molecule has 1 heterocycles. The van der Waals surface area contributed by atoms with Crippen LogP contribution in [0.1, 0.15) is 38.3 Å². The molecule has 1 aliphatic heterocycles. The Labute approximate surface area is 132 Å². The number of anilines is 1. The van der Waals surface area contributed by atoms with Crippen molar-refractivity contribution in [2.75, 3.05) is 18.0 Å². The smallest absolute Gasteiger partial charge is 0.0387 e. The first kappa shape index (κ1) is 15.8. The minimum atomic E-state index is 0.554. The molecule has 1 aliphatic rings. The number of nitrogens with zero attached hydrogens (tertiary/aromatic N) is 1. The van der Waals surface area contributed by atoms with Crippen molar-refractivity contribution in [2.24, 2.45) is 5.92 Å². The van der Waals surface area contributed by atoms with Crippen LogP contribution in [-0.2, 0) is 0 Å². The minimum absolute atomic E-state index is 0.554. The van der Waals surface area contributed by atoms with Crippen molar-refractivity contribution in [2.45, 2.75) is 53.1 Å². The molecule has 0 amide bonds. The van der Waals surface area contributed by atoms with E-state index in [1.165, 1.54) is 27.7 Å². The molecule has 0 spiro atoms. The van der Waals surface area contributed by atoms with E-state index in [-0.39, 0.29) is 0 Å².